The Balaban J connectivity index is 1.09. The molecule has 0 saturated heterocycles. The number of fused-ring (bicyclic) bond motifs is 2. The monoisotopic (exact) mass is 1390 g/mol. The van der Waals surface area contributed by atoms with Crippen molar-refractivity contribution in [1.29, 1.82) is 0 Å². The summed E-state index contributed by atoms with van der Waals surface area (Å²) in [5, 5.41) is 7.77. The number of unbranched alkanes of at least 4 members (excludes halogenated alkanes) is 2. The first-order valence-corrected chi connectivity index (χ1v) is 34.3. The van der Waals surface area contributed by atoms with Gasteiger partial charge in [-0.1, -0.05) is 83.9 Å². The van der Waals surface area contributed by atoms with Crippen molar-refractivity contribution >= 4 is 90.5 Å². The number of imide groups is 2. The zero-order valence-corrected chi connectivity index (χ0v) is 58.3. The molecule has 2 N–H and O–H groups in total. The summed E-state index contributed by atoms with van der Waals surface area (Å²) >= 11 is 0. The number of esters is 2. The molecule has 2 aliphatic rings. The molecule has 11 aromatic rings. The molecule has 0 bridgehead atoms. The van der Waals surface area contributed by atoms with E-state index in [1.807, 2.05) is 76.2 Å². The highest BCUT2D eigenvalue weighted by molar-refractivity contribution is 6.45. The zero-order valence-electron chi connectivity index (χ0n) is 58.3. The third kappa shape index (κ3) is 14.3. The van der Waals surface area contributed by atoms with Crippen molar-refractivity contribution in [2.45, 2.75) is 92.2 Å². The quantitative estimate of drug-likeness (QED) is 0.0116. The van der Waals surface area contributed by atoms with Crippen LogP contribution in [0.1, 0.15) is 114 Å². The normalized spacial score (nSPS) is 13.1. The molecule has 2 unspecified atom stereocenters. The minimum absolute atomic E-state index is 0.0303. The predicted molar refractivity (Wildman–Crippen MR) is 393 cm³/mol. The molecule has 0 saturated carbocycles. The van der Waals surface area contributed by atoms with Gasteiger partial charge in [0, 0.05) is 105 Å². The van der Waals surface area contributed by atoms with Crippen LogP contribution in [0.2, 0.25) is 0 Å². The van der Waals surface area contributed by atoms with Crippen LogP contribution in [0.5, 0.6) is 46.0 Å². The molecule has 2 atom stereocenters. The van der Waals surface area contributed by atoms with E-state index in [9.17, 15) is 9.59 Å². The second-order valence-corrected chi connectivity index (χ2v) is 26.3. The lowest BCUT2D eigenvalue weighted by molar-refractivity contribution is -0.139. The van der Waals surface area contributed by atoms with E-state index < -0.39 is 59.5 Å². The van der Waals surface area contributed by atoms with E-state index in [2.05, 4.69) is 33.8 Å². The molecule has 0 spiro atoms. The largest absolute Gasteiger partial charge is 0.462 e. The zero-order chi connectivity index (χ0) is 73.0. The first kappa shape index (κ1) is 69.9. The third-order valence-corrected chi connectivity index (χ3v) is 18.4. The minimum Gasteiger partial charge on any atom is -0.462 e. The summed E-state index contributed by atoms with van der Waals surface area (Å²) < 4.78 is 39.4. The highest BCUT2D eigenvalue weighted by atomic mass is 16.5. The number of rotatable bonds is 28. The van der Waals surface area contributed by atoms with E-state index in [4.69, 9.17) is 28.4 Å². The van der Waals surface area contributed by atoms with Gasteiger partial charge < -0.3 is 39.1 Å². The molecular formula is C84H74N6O14. The Labute approximate surface area is 599 Å². The van der Waals surface area contributed by atoms with Crippen molar-refractivity contribution in [3.8, 4) is 46.0 Å². The van der Waals surface area contributed by atoms with E-state index >= 15 is 28.8 Å². The third-order valence-electron chi connectivity index (χ3n) is 18.4. The molecule has 13 rings (SSSR count). The molecule has 2 aliphatic heterocycles. The van der Waals surface area contributed by atoms with Crippen LogP contribution in [-0.4, -0.2) is 106 Å². The number of nitrogens with zero attached hydrogens (tertiary/aromatic N) is 4. The van der Waals surface area contributed by atoms with Gasteiger partial charge in [0.15, 0.2) is 0 Å². The number of amides is 6. The Bertz CT molecular complexity index is 4710. The summed E-state index contributed by atoms with van der Waals surface area (Å²) in [6.07, 6.45) is 7.48. The molecule has 104 heavy (non-hydrogen) atoms. The van der Waals surface area contributed by atoms with Crippen molar-refractivity contribution < 1.29 is 66.8 Å². The standard InChI is InChI=1S/C84H74N6O14/c1-47(2)83(97)99-39-11-9-33-87-77(91)63(41-53-29-35-85-36-30-53)89-79(93)59-43-65(101-55-21-13-49(5)14-22-55)71-73-67(103-57-25-17-51(7)18-26-57)45-61-70-62(82(96)90(81(61)95)64(42-54-31-37-86-38-32-54)78(92)88-34-10-12-40-100-84(98)48(3)4)46-68(104-58-27-19-52(8)20-28-58)74(76(70)73)72-66(102-56-23-15-50(6)16-24-56)44-60(80(89)94)69(59)75(71)72/h13-32,35-38,43-46,63-64H,1,3,9-12,33-34,39-42H2,2,4-8H3,(H,87,91)(H,88,92). The van der Waals surface area contributed by atoms with Crippen LogP contribution in [0, 0.1) is 27.7 Å². The average Bonchev–Trinajstić information content (AvgIpc) is 0.671. The van der Waals surface area contributed by atoms with Crippen molar-refractivity contribution in [3.63, 3.8) is 0 Å². The molecule has 6 amide bonds. The Morgan fingerprint density at radius 1 is 0.385 bits per heavy atom. The molecule has 524 valence electrons. The lowest BCUT2D eigenvalue weighted by Crippen LogP contribution is -2.55. The minimum atomic E-state index is -1.46. The van der Waals surface area contributed by atoms with Gasteiger partial charge in [0.2, 0.25) is 11.8 Å². The molecule has 20 nitrogen and oxygen atoms in total. The number of pyridine rings is 2. The molecule has 20 heteroatoms. The van der Waals surface area contributed by atoms with E-state index in [0.29, 0.717) is 59.8 Å². The smallest absolute Gasteiger partial charge is 0.333 e. The molecule has 0 fully saturated rings. The molecule has 0 radical (unpaired) electrons. The predicted octanol–water partition coefficient (Wildman–Crippen LogP) is 15.4. The van der Waals surface area contributed by atoms with Crippen molar-refractivity contribution in [3.05, 3.63) is 250 Å². The SMILES string of the molecule is C=C(C)C(=O)OCCCCNC(=O)C(Cc1ccncc1)N1C(=O)c2cc(Oc3ccc(C)cc3)c3c4c(Oc5ccc(C)cc5)cc5c6c(cc(Oc7ccc(C)cc7)c(c7c(Oc8ccc(C)cc8)cc(c2c37)C1=O)c64)C(=O)N(C(Cc1ccncc1)C(=O)NCCCCOC(=O)C(=C)C)C5=O. The van der Waals surface area contributed by atoms with E-state index in [0.717, 1.165) is 32.1 Å². The maximum Gasteiger partial charge on any atom is 0.333 e. The number of aryl methyl sites for hydroxylation is 4. The molecule has 0 aliphatic carbocycles. The fourth-order valence-electron chi connectivity index (χ4n) is 13.1. The Morgan fingerprint density at radius 2 is 0.654 bits per heavy atom. The van der Waals surface area contributed by atoms with Gasteiger partial charge in [-0.05, 0) is 175 Å². The summed E-state index contributed by atoms with van der Waals surface area (Å²) in [6, 6.07) is 39.2. The first-order valence-electron chi connectivity index (χ1n) is 34.3. The van der Waals surface area contributed by atoms with Gasteiger partial charge in [0.25, 0.3) is 23.6 Å². The van der Waals surface area contributed by atoms with Gasteiger partial charge in [-0.25, -0.2) is 9.59 Å². The Morgan fingerprint density at radius 3 is 0.913 bits per heavy atom. The number of hydrogen-bond donors (Lipinski definition) is 2. The first-order chi connectivity index (χ1) is 50.2. The van der Waals surface area contributed by atoms with Gasteiger partial charge in [-0.3, -0.25) is 48.5 Å². The van der Waals surface area contributed by atoms with Crippen LogP contribution >= 0.6 is 0 Å². The molecule has 2 aromatic heterocycles. The van der Waals surface area contributed by atoms with E-state index in [-0.39, 0.29) is 139 Å². The number of benzene rings is 9. The molecule has 4 heterocycles. The lowest BCUT2D eigenvalue weighted by atomic mass is 9.80. The number of aromatic nitrogens is 2. The maximum atomic E-state index is 16.4. The Hall–Kier alpha value is -12.6. The second kappa shape index (κ2) is 29.9. The summed E-state index contributed by atoms with van der Waals surface area (Å²) in [5.74, 6) is -4.17. The van der Waals surface area contributed by atoms with Gasteiger partial charge in [0.1, 0.15) is 58.1 Å². The molecular weight excluding hydrogens is 1320 g/mol. The summed E-state index contributed by atoms with van der Waals surface area (Å²) in [5.41, 5.74) is 5.22. The lowest BCUT2D eigenvalue weighted by Gasteiger charge is -2.36. The van der Waals surface area contributed by atoms with Crippen molar-refractivity contribution in [2.24, 2.45) is 0 Å². The molecule has 9 aromatic carbocycles. The van der Waals surface area contributed by atoms with Crippen molar-refractivity contribution in [1.82, 2.24) is 30.4 Å². The number of carbonyl (C=O) groups is 8. The van der Waals surface area contributed by atoms with Crippen LogP contribution in [0.3, 0.4) is 0 Å². The van der Waals surface area contributed by atoms with Crippen LogP contribution in [0.25, 0.3) is 43.1 Å². The number of ether oxygens (including phenoxy) is 6. The number of nitrogens with one attached hydrogen (secondary N) is 2. The second-order valence-electron chi connectivity index (χ2n) is 26.3. The van der Waals surface area contributed by atoms with E-state index in [1.165, 1.54) is 0 Å². The van der Waals surface area contributed by atoms with Gasteiger partial charge in [0.05, 0.1) is 35.5 Å². The van der Waals surface area contributed by atoms with Crippen LogP contribution in [0.15, 0.2) is 195 Å². The topological polar surface area (TPSA) is 248 Å². The van der Waals surface area contributed by atoms with Crippen LogP contribution < -0.4 is 29.6 Å². The summed E-state index contributed by atoms with van der Waals surface area (Å²) in [6.45, 7) is 18.4. The number of hydrogen-bond acceptors (Lipinski definition) is 16. The fraction of sp³-hybridized carbons (Fsp3) is 0.214. The van der Waals surface area contributed by atoms with Crippen LogP contribution in [-0.2, 0) is 41.5 Å². The van der Waals surface area contributed by atoms with Gasteiger partial charge >= 0.3 is 11.9 Å². The highest BCUT2D eigenvalue weighted by Gasteiger charge is 2.46. The highest BCUT2D eigenvalue weighted by Crippen LogP contribution is 2.58. The van der Waals surface area contributed by atoms with E-state index in [1.54, 1.807) is 136 Å². The number of carbonyl (C=O) groups excluding carboxylic acids is 8. The maximum absolute atomic E-state index is 16.4. The summed E-state index contributed by atoms with van der Waals surface area (Å²) in [7, 11) is 0. The van der Waals surface area contributed by atoms with Crippen molar-refractivity contribution in [2.75, 3.05) is 26.3 Å². The van der Waals surface area contributed by atoms with Gasteiger partial charge in [-0.15, -0.1) is 0 Å². The average molecular weight is 1390 g/mol. The van der Waals surface area contributed by atoms with Crippen LogP contribution in [0.4, 0.5) is 0 Å². The Kier molecular flexibility index (Phi) is 20.1. The van der Waals surface area contributed by atoms with Gasteiger partial charge in [-0.2, -0.15) is 0 Å². The summed E-state index contributed by atoms with van der Waals surface area (Å²) in [4.78, 5) is 130. The fourth-order valence-corrected chi connectivity index (χ4v) is 13.1.